The summed E-state index contributed by atoms with van der Waals surface area (Å²) in [6.45, 7) is 4.50. The molecule has 10 rings (SSSR count). The number of carbonyl (C=O) groups is 4. The fraction of sp³-hybridized carbons (Fsp3) is 0. The standard InChI is InChI=1S/C48H30N4O8.C5H5N.CO.Ru/c53-45(54)29-9-1-25(2-10-29)41-33-17-19-35(49-33)42(26-3-11-30(12-4-26)46(55)56)37-21-23-39(51-37)44(28-7-15-32(16-8-28)48(59)60)40-24-22-38(52-40)43(36-20-18-34(41)50-36)27-5-13-31(14-6-27)47(57)58;1-2-4-6-5-3-1;1-2;/h1-24,49-50H,(H,53,54)(H,55,56)(H,57,58)(H,59,60);1-5H;;/q;;;+2/p-2. The van der Waals surface area contributed by atoms with Crippen LogP contribution in [-0.4, -0.2) is 59.0 Å². The Balaban J connectivity index is 0.000000719. The molecule has 6 heterocycles. The minimum Gasteiger partial charge on any atom is -0.265 e. The van der Waals surface area contributed by atoms with Crippen LogP contribution in [0.25, 0.3) is 90.9 Å². The second-order valence-electron chi connectivity index (χ2n) is 15.0. The molecule has 69 heavy (non-hydrogen) atoms. The predicted molar refractivity (Wildman–Crippen MR) is 251 cm³/mol. The van der Waals surface area contributed by atoms with E-state index in [1.165, 1.54) is 48.5 Å². The number of hydrogen-bond acceptors (Lipinski definition) is 9. The molecule has 14 nitrogen and oxygen atoms in total. The summed E-state index contributed by atoms with van der Waals surface area (Å²) in [5, 5.41) is 42.8. The molecule has 4 aromatic heterocycles. The molecule has 0 unspecified atom stereocenters. The van der Waals surface area contributed by atoms with E-state index < -0.39 is 23.9 Å². The van der Waals surface area contributed by atoms with E-state index in [4.69, 9.17) is 14.6 Å². The second-order valence-corrected chi connectivity index (χ2v) is 15.0. The molecule has 0 saturated carbocycles. The van der Waals surface area contributed by atoms with E-state index in [1.54, 1.807) is 60.9 Å². The van der Waals surface area contributed by atoms with Crippen LogP contribution in [0.4, 0.5) is 0 Å². The summed E-state index contributed by atoms with van der Waals surface area (Å²) in [5.41, 5.74) is 10.1. The molecule has 0 radical (unpaired) electrons. The van der Waals surface area contributed by atoms with Crippen molar-refractivity contribution in [3.8, 4) is 44.5 Å². The van der Waals surface area contributed by atoms with Gasteiger partial charge in [0.05, 0.1) is 45.8 Å². The minimum absolute atomic E-state index is 0. The molecule has 0 atom stereocenters. The Hall–Kier alpha value is -9.13. The summed E-state index contributed by atoms with van der Waals surface area (Å²) in [6, 6.07) is 38.7. The first-order chi connectivity index (χ1) is 33.0. The van der Waals surface area contributed by atoms with Crippen molar-refractivity contribution in [1.29, 1.82) is 0 Å². The van der Waals surface area contributed by atoms with Crippen molar-refractivity contribution in [3.63, 3.8) is 0 Å². The van der Waals surface area contributed by atoms with Crippen LogP contribution in [0.15, 0.2) is 152 Å². The number of H-pyrrole nitrogens is 2. The molecule has 0 aliphatic carbocycles. The second kappa shape index (κ2) is 21.0. The topological polar surface area (TPSA) is 245 Å². The fourth-order valence-corrected chi connectivity index (χ4v) is 7.84. The molecule has 2 aliphatic heterocycles. The van der Waals surface area contributed by atoms with Crippen molar-refractivity contribution in [2.45, 2.75) is 0 Å². The zero-order valence-electron chi connectivity index (χ0n) is 35.7. The van der Waals surface area contributed by atoms with E-state index in [-0.39, 0.29) is 41.7 Å². The third-order valence-electron chi connectivity index (χ3n) is 11.0. The summed E-state index contributed by atoms with van der Waals surface area (Å²) in [4.78, 5) is 68.3. The van der Waals surface area contributed by atoms with Crippen LogP contribution >= 0.6 is 0 Å². The summed E-state index contributed by atoms with van der Waals surface area (Å²) in [7, 11) is 0. The van der Waals surface area contributed by atoms with E-state index in [9.17, 15) is 39.6 Å². The third kappa shape index (κ3) is 10.2. The Morgan fingerprint density at radius 1 is 0.420 bits per heavy atom. The van der Waals surface area contributed by atoms with Gasteiger partial charge in [-0.15, -0.1) is 0 Å². The number of aromatic carboxylic acids is 4. The van der Waals surface area contributed by atoms with Gasteiger partial charge in [-0.2, -0.15) is 0 Å². The first kappa shape index (κ1) is 47.8. The van der Waals surface area contributed by atoms with Crippen LogP contribution in [0.1, 0.15) is 64.2 Å². The Morgan fingerprint density at radius 3 is 1.00 bits per heavy atom. The Kier molecular flexibility index (Phi) is 14.6. The van der Waals surface area contributed by atoms with Gasteiger partial charge in [0.1, 0.15) is 0 Å². The van der Waals surface area contributed by atoms with Crippen molar-refractivity contribution in [2.24, 2.45) is 0 Å². The maximum absolute atomic E-state index is 11.8. The normalized spacial score (nSPS) is 10.9. The summed E-state index contributed by atoms with van der Waals surface area (Å²) >= 11 is 0. The average Bonchev–Trinajstić information content (AvgIpc) is 4.22. The van der Waals surface area contributed by atoms with E-state index in [1.807, 2.05) is 66.8 Å². The van der Waals surface area contributed by atoms with Gasteiger partial charge < -0.3 is 40.0 Å². The predicted octanol–water partition coefficient (Wildman–Crippen LogP) is 8.49. The van der Waals surface area contributed by atoms with Gasteiger partial charge in [-0.05, 0) is 118 Å². The molecule has 2 aliphatic rings. The number of carbonyl (C=O) groups excluding carboxylic acids is 2. The van der Waals surface area contributed by atoms with Crippen molar-refractivity contribution >= 4 is 70.2 Å². The summed E-state index contributed by atoms with van der Waals surface area (Å²) < 4.78 is 7.50. The monoisotopic (exact) mass is 997 g/mol. The maximum atomic E-state index is 11.8. The number of carboxylic acid groups (broad SMARTS) is 4. The van der Waals surface area contributed by atoms with Gasteiger partial charge in [-0.3, -0.25) is 4.98 Å². The molecule has 8 bridgehead atoms. The first-order valence-electron chi connectivity index (χ1n) is 20.5. The number of benzene rings is 4. The van der Waals surface area contributed by atoms with Crippen molar-refractivity contribution < 1.29 is 63.7 Å². The largest absolute Gasteiger partial charge is 2.00 e. The van der Waals surface area contributed by atoms with Gasteiger partial charge in [0, 0.05) is 56.7 Å². The fourth-order valence-electron chi connectivity index (χ4n) is 7.84. The Labute approximate surface area is 405 Å². The van der Waals surface area contributed by atoms with Gasteiger partial charge in [0.25, 0.3) is 0 Å². The zero-order chi connectivity index (χ0) is 47.9. The smallest absolute Gasteiger partial charge is 0.265 e. The number of nitrogens with zero attached hydrogens (tertiary/aromatic N) is 3. The van der Waals surface area contributed by atoms with Crippen LogP contribution in [0.2, 0.25) is 0 Å². The number of carboxylic acids is 4. The van der Waals surface area contributed by atoms with Crippen LogP contribution in [0.5, 0.6) is 0 Å². The van der Waals surface area contributed by atoms with E-state index in [0.29, 0.717) is 89.4 Å². The summed E-state index contributed by atoms with van der Waals surface area (Å²) in [5.74, 6) is -4.78. The number of aromatic nitrogens is 5. The molecule has 0 saturated heterocycles. The van der Waals surface area contributed by atoms with Crippen molar-refractivity contribution in [2.75, 3.05) is 0 Å². The van der Waals surface area contributed by atoms with E-state index in [2.05, 4.69) is 21.6 Å². The molecule has 4 aromatic carbocycles. The number of hydrogen-bond donors (Lipinski definition) is 4. The Morgan fingerprint density at radius 2 is 0.710 bits per heavy atom. The molecule has 4 N–H and O–H groups in total. The molecule has 8 aromatic rings. The molecular formula is C54H33N5O9Ru. The minimum atomic E-state index is -1.32. The van der Waals surface area contributed by atoms with E-state index in [0.717, 1.165) is 0 Å². The van der Waals surface area contributed by atoms with Crippen LogP contribution in [0.3, 0.4) is 0 Å². The molecule has 0 fully saturated rings. The first-order valence-corrected chi connectivity index (χ1v) is 20.5. The quantitative estimate of drug-likeness (QED) is 0.0639. The van der Waals surface area contributed by atoms with Gasteiger partial charge in [0.15, 0.2) is 0 Å². The molecule has 0 spiro atoms. The molecular weight excluding hydrogens is 964 g/mol. The average molecular weight is 997 g/mol. The SMILES string of the molecule is O=C([O-])c1ccc(-c2c3nc(c(-c4ccc(C(=O)[O-])cc4)c4ccc([nH]4)c(-c4ccc(C(=O)O)cc4)c4ccc([nH]4)c(-c4ccc(C(=O)O)cc4)c4nc2C=C4)C=C3)cc1.[C-]#[O+].[Ru+2].c1ccncc1. The van der Waals surface area contributed by atoms with Gasteiger partial charge in [-0.25, -0.2) is 19.6 Å². The zero-order valence-corrected chi connectivity index (χ0v) is 37.4. The van der Waals surface area contributed by atoms with E-state index >= 15 is 0 Å². The van der Waals surface area contributed by atoms with Gasteiger partial charge in [0.2, 0.25) is 0 Å². The number of aromatic amines is 2. The van der Waals surface area contributed by atoms with Crippen molar-refractivity contribution in [3.05, 3.63) is 204 Å². The van der Waals surface area contributed by atoms with Crippen LogP contribution < -0.4 is 10.2 Å². The Bertz CT molecular complexity index is 3320. The molecule has 0 amide bonds. The number of fused-ring (bicyclic) bond motifs is 8. The number of nitrogens with one attached hydrogen (secondary N) is 2. The third-order valence-corrected chi connectivity index (χ3v) is 11.0. The molecule has 336 valence electrons. The number of rotatable bonds is 8. The number of pyridine rings is 1. The maximum Gasteiger partial charge on any atom is 2.00 e. The van der Waals surface area contributed by atoms with Gasteiger partial charge >= 0.3 is 42.7 Å². The van der Waals surface area contributed by atoms with Crippen LogP contribution in [0, 0.1) is 6.65 Å². The van der Waals surface area contributed by atoms with Gasteiger partial charge in [-0.1, -0.05) is 78.9 Å². The van der Waals surface area contributed by atoms with Crippen molar-refractivity contribution in [1.82, 2.24) is 24.9 Å². The van der Waals surface area contributed by atoms with Crippen LogP contribution in [-0.2, 0) is 24.1 Å². The molecule has 15 heteroatoms. The summed E-state index contributed by atoms with van der Waals surface area (Å²) in [6.07, 6.45) is 10.8.